The Kier molecular flexibility index (Phi) is 7.10. The second-order valence-corrected chi connectivity index (χ2v) is 6.84. The molecule has 154 valence electrons. The van der Waals surface area contributed by atoms with Crippen LogP contribution in [0.1, 0.15) is 23.2 Å². The Labute approximate surface area is 174 Å². The van der Waals surface area contributed by atoms with E-state index >= 15 is 0 Å². The highest BCUT2D eigenvalue weighted by Gasteiger charge is 2.10. The van der Waals surface area contributed by atoms with Crippen molar-refractivity contribution in [1.82, 2.24) is 20.5 Å². The van der Waals surface area contributed by atoms with E-state index in [0.717, 1.165) is 11.1 Å². The lowest BCUT2D eigenvalue weighted by Gasteiger charge is -2.06. The fourth-order valence-corrected chi connectivity index (χ4v) is 2.86. The first-order valence-corrected chi connectivity index (χ1v) is 9.67. The quantitative estimate of drug-likeness (QED) is 0.535. The van der Waals surface area contributed by atoms with Crippen molar-refractivity contribution in [2.45, 2.75) is 26.3 Å². The molecule has 0 spiro atoms. The lowest BCUT2D eigenvalue weighted by Crippen LogP contribution is -2.25. The smallest absolute Gasteiger partial charge is 0.273 e. The van der Waals surface area contributed by atoms with Gasteiger partial charge in [0.05, 0.1) is 0 Å². The summed E-state index contributed by atoms with van der Waals surface area (Å²) in [6, 6.07) is 15.1. The number of hydrogen-bond acceptors (Lipinski definition) is 5. The summed E-state index contributed by atoms with van der Waals surface area (Å²) in [5.41, 5.74) is 2.77. The fraction of sp³-hybridized carbons (Fsp3) is 0.217. The van der Waals surface area contributed by atoms with E-state index in [1.165, 1.54) is 0 Å². The van der Waals surface area contributed by atoms with Crippen molar-refractivity contribution in [2.75, 3.05) is 6.61 Å². The SMILES string of the molecule is C=CCOc1ccc(-c2nnc(CCC(=O)NCc3cccc(C)c3)c(=O)[nH]2)cc1. The second kappa shape index (κ2) is 10.2. The standard InChI is InChI=1S/C23H24N4O3/c1-3-13-30-19-9-7-18(8-10-19)22-25-23(29)20(26-27-22)11-12-21(28)24-15-17-6-4-5-16(2)14-17/h3-10,14H,1,11-13,15H2,2H3,(H,24,28)(H,25,27,29). The van der Waals surface area contributed by atoms with Crippen LogP contribution in [-0.4, -0.2) is 27.7 Å². The van der Waals surface area contributed by atoms with Crippen LogP contribution in [0, 0.1) is 6.92 Å². The lowest BCUT2D eigenvalue weighted by atomic mass is 10.1. The predicted molar refractivity (Wildman–Crippen MR) is 115 cm³/mol. The number of amides is 1. The molecule has 0 atom stereocenters. The van der Waals surface area contributed by atoms with Crippen molar-refractivity contribution >= 4 is 5.91 Å². The zero-order valence-corrected chi connectivity index (χ0v) is 16.9. The lowest BCUT2D eigenvalue weighted by molar-refractivity contribution is -0.121. The van der Waals surface area contributed by atoms with E-state index in [9.17, 15) is 9.59 Å². The number of hydrogen-bond donors (Lipinski definition) is 2. The van der Waals surface area contributed by atoms with E-state index in [2.05, 4.69) is 27.1 Å². The van der Waals surface area contributed by atoms with Gasteiger partial charge in [0, 0.05) is 24.9 Å². The Bertz CT molecular complexity index is 1070. The van der Waals surface area contributed by atoms with Crippen LogP contribution < -0.4 is 15.6 Å². The van der Waals surface area contributed by atoms with Crippen LogP contribution in [0.25, 0.3) is 11.4 Å². The highest BCUT2D eigenvalue weighted by Crippen LogP contribution is 2.18. The van der Waals surface area contributed by atoms with Crippen LogP contribution in [0.2, 0.25) is 0 Å². The van der Waals surface area contributed by atoms with Gasteiger partial charge in [-0.25, -0.2) is 0 Å². The first kappa shape index (κ1) is 21.0. The molecule has 0 aliphatic heterocycles. The molecule has 0 unspecified atom stereocenters. The molecule has 3 aromatic rings. The van der Waals surface area contributed by atoms with Crippen molar-refractivity contribution in [1.29, 1.82) is 0 Å². The third-order valence-corrected chi connectivity index (χ3v) is 4.42. The number of benzene rings is 2. The number of carbonyl (C=O) groups is 1. The van der Waals surface area contributed by atoms with Gasteiger partial charge in [-0.15, -0.1) is 10.2 Å². The van der Waals surface area contributed by atoms with Crippen molar-refractivity contribution in [3.8, 4) is 17.1 Å². The molecule has 0 bridgehead atoms. The average molecular weight is 404 g/mol. The first-order chi connectivity index (χ1) is 14.5. The van der Waals surface area contributed by atoms with E-state index in [0.29, 0.717) is 30.3 Å². The molecule has 3 rings (SSSR count). The molecule has 0 saturated carbocycles. The third-order valence-electron chi connectivity index (χ3n) is 4.42. The van der Waals surface area contributed by atoms with Gasteiger partial charge in [0.1, 0.15) is 18.1 Å². The van der Waals surface area contributed by atoms with Crippen LogP contribution >= 0.6 is 0 Å². The summed E-state index contributed by atoms with van der Waals surface area (Å²) in [7, 11) is 0. The molecular formula is C23H24N4O3. The summed E-state index contributed by atoms with van der Waals surface area (Å²) in [6.07, 6.45) is 2.05. The zero-order valence-electron chi connectivity index (χ0n) is 16.9. The molecule has 1 amide bonds. The van der Waals surface area contributed by atoms with E-state index in [-0.39, 0.29) is 30.0 Å². The largest absolute Gasteiger partial charge is 0.490 e. The molecule has 2 N–H and O–H groups in total. The fourth-order valence-electron chi connectivity index (χ4n) is 2.86. The summed E-state index contributed by atoms with van der Waals surface area (Å²) in [5, 5.41) is 11.0. The number of nitrogens with zero attached hydrogens (tertiary/aromatic N) is 2. The third kappa shape index (κ3) is 5.88. The van der Waals surface area contributed by atoms with Crippen LogP contribution in [0.3, 0.4) is 0 Å². The van der Waals surface area contributed by atoms with Gasteiger partial charge in [-0.2, -0.15) is 0 Å². The van der Waals surface area contributed by atoms with Crippen molar-refractivity contribution < 1.29 is 9.53 Å². The number of aryl methyl sites for hydroxylation is 2. The summed E-state index contributed by atoms with van der Waals surface area (Å²) in [6.45, 7) is 6.48. The maximum atomic E-state index is 12.3. The second-order valence-electron chi connectivity index (χ2n) is 6.84. The molecule has 7 nitrogen and oxygen atoms in total. The number of ether oxygens (including phenoxy) is 1. The number of carbonyl (C=O) groups excluding carboxylic acids is 1. The zero-order chi connectivity index (χ0) is 21.3. The normalized spacial score (nSPS) is 10.4. The summed E-state index contributed by atoms with van der Waals surface area (Å²) in [5.74, 6) is 0.919. The molecule has 30 heavy (non-hydrogen) atoms. The minimum atomic E-state index is -0.349. The highest BCUT2D eigenvalue weighted by atomic mass is 16.5. The van der Waals surface area contributed by atoms with Gasteiger partial charge in [-0.05, 0) is 36.8 Å². The van der Waals surface area contributed by atoms with E-state index in [1.807, 2.05) is 31.2 Å². The Morgan fingerprint density at radius 3 is 2.70 bits per heavy atom. The van der Waals surface area contributed by atoms with Crippen molar-refractivity contribution in [2.24, 2.45) is 0 Å². The van der Waals surface area contributed by atoms with E-state index in [1.54, 1.807) is 30.3 Å². The van der Waals surface area contributed by atoms with Gasteiger partial charge < -0.3 is 15.0 Å². The van der Waals surface area contributed by atoms with Gasteiger partial charge in [0.15, 0.2) is 5.82 Å². The summed E-state index contributed by atoms with van der Waals surface area (Å²) < 4.78 is 5.43. The summed E-state index contributed by atoms with van der Waals surface area (Å²) in [4.78, 5) is 27.1. The monoisotopic (exact) mass is 404 g/mol. The number of rotatable bonds is 9. The van der Waals surface area contributed by atoms with E-state index in [4.69, 9.17) is 4.74 Å². The van der Waals surface area contributed by atoms with Crippen LogP contribution in [0.5, 0.6) is 5.75 Å². The molecule has 2 aromatic carbocycles. The van der Waals surface area contributed by atoms with Gasteiger partial charge in [0.2, 0.25) is 5.91 Å². The summed E-state index contributed by atoms with van der Waals surface area (Å²) >= 11 is 0. The molecule has 0 radical (unpaired) electrons. The van der Waals surface area contributed by atoms with Crippen LogP contribution in [0.15, 0.2) is 66.0 Å². The molecular weight excluding hydrogens is 380 g/mol. The Morgan fingerprint density at radius 2 is 2.00 bits per heavy atom. The van der Waals surface area contributed by atoms with Gasteiger partial charge in [-0.1, -0.05) is 42.5 Å². The number of nitrogens with one attached hydrogen (secondary N) is 2. The van der Waals surface area contributed by atoms with Gasteiger partial charge in [-0.3, -0.25) is 9.59 Å². The van der Waals surface area contributed by atoms with E-state index < -0.39 is 0 Å². The molecule has 0 aliphatic carbocycles. The van der Waals surface area contributed by atoms with Crippen LogP contribution in [-0.2, 0) is 17.8 Å². The van der Waals surface area contributed by atoms with Gasteiger partial charge in [0.25, 0.3) is 5.56 Å². The molecule has 7 heteroatoms. The minimum absolute atomic E-state index is 0.142. The predicted octanol–water partition coefficient (Wildman–Crippen LogP) is 2.95. The van der Waals surface area contributed by atoms with Crippen molar-refractivity contribution in [3.63, 3.8) is 0 Å². The van der Waals surface area contributed by atoms with Crippen molar-refractivity contribution in [3.05, 3.63) is 88.4 Å². The molecule has 0 aliphatic rings. The molecule has 0 saturated heterocycles. The first-order valence-electron chi connectivity index (χ1n) is 9.67. The number of aromatic amines is 1. The number of aromatic nitrogens is 3. The Balaban J connectivity index is 1.55. The Morgan fingerprint density at radius 1 is 1.20 bits per heavy atom. The highest BCUT2D eigenvalue weighted by molar-refractivity contribution is 5.76. The number of H-pyrrole nitrogens is 1. The van der Waals surface area contributed by atoms with Gasteiger partial charge >= 0.3 is 0 Å². The maximum Gasteiger partial charge on any atom is 0.273 e. The topological polar surface area (TPSA) is 97.0 Å². The molecule has 1 heterocycles. The molecule has 1 aromatic heterocycles. The maximum absolute atomic E-state index is 12.3. The Hall–Kier alpha value is -3.74. The minimum Gasteiger partial charge on any atom is -0.490 e. The molecule has 0 fully saturated rings. The average Bonchev–Trinajstić information content (AvgIpc) is 2.76. The van der Waals surface area contributed by atoms with Crippen LogP contribution in [0.4, 0.5) is 0 Å².